The van der Waals surface area contributed by atoms with Crippen LogP contribution in [0.4, 0.5) is 17.2 Å². The molecule has 0 atom stereocenters. The van der Waals surface area contributed by atoms with E-state index in [2.05, 4.69) is 15.3 Å². The SMILES string of the molecule is CN(C)c1ccc(Nc2cnc(C(=O)N3CCCC3)cn2)cc1. The van der Waals surface area contributed by atoms with E-state index in [1.165, 1.54) is 6.20 Å². The second-order valence-electron chi connectivity index (χ2n) is 5.85. The Hall–Kier alpha value is -2.63. The molecule has 0 radical (unpaired) electrons. The molecule has 1 N–H and O–H groups in total. The number of carbonyl (C=O) groups is 1. The lowest BCUT2D eigenvalue weighted by atomic mass is 10.2. The minimum atomic E-state index is -0.0307. The molecule has 2 aromatic rings. The largest absolute Gasteiger partial charge is 0.378 e. The molecule has 1 saturated heterocycles. The molecule has 6 heteroatoms. The second-order valence-corrected chi connectivity index (χ2v) is 5.85. The van der Waals surface area contributed by atoms with Gasteiger partial charge in [-0.15, -0.1) is 0 Å². The van der Waals surface area contributed by atoms with E-state index in [4.69, 9.17) is 0 Å². The van der Waals surface area contributed by atoms with Gasteiger partial charge in [-0.3, -0.25) is 4.79 Å². The molecule has 0 bridgehead atoms. The predicted molar refractivity (Wildman–Crippen MR) is 91.2 cm³/mol. The number of amides is 1. The van der Waals surface area contributed by atoms with Gasteiger partial charge in [0.25, 0.3) is 5.91 Å². The number of nitrogens with one attached hydrogen (secondary N) is 1. The van der Waals surface area contributed by atoms with Crippen molar-refractivity contribution >= 4 is 23.1 Å². The van der Waals surface area contributed by atoms with E-state index < -0.39 is 0 Å². The van der Waals surface area contributed by atoms with E-state index in [0.29, 0.717) is 11.5 Å². The lowest BCUT2D eigenvalue weighted by molar-refractivity contribution is 0.0786. The third-order valence-corrected chi connectivity index (χ3v) is 3.92. The number of anilines is 3. The summed E-state index contributed by atoms with van der Waals surface area (Å²) in [4.78, 5) is 24.6. The van der Waals surface area contributed by atoms with Crippen LogP contribution in [0.2, 0.25) is 0 Å². The fourth-order valence-corrected chi connectivity index (χ4v) is 2.58. The lowest BCUT2D eigenvalue weighted by Crippen LogP contribution is -2.28. The maximum Gasteiger partial charge on any atom is 0.274 e. The number of hydrogen-bond donors (Lipinski definition) is 1. The molecule has 1 aliphatic rings. The summed E-state index contributed by atoms with van der Waals surface area (Å²) >= 11 is 0. The van der Waals surface area contributed by atoms with Crippen molar-refractivity contribution in [3.8, 4) is 0 Å². The first kappa shape index (κ1) is 15.3. The molecule has 0 spiro atoms. The van der Waals surface area contributed by atoms with Gasteiger partial charge in [-0.25, -0.2) is 9.97 Å². The Kier molecular flexibility index (Phi) is 4.41. The maximum absolute atomic E-state index is 12.2. The first-order chi connectivity index (χ1) is 11.1. The van der Waals surface area contributed by atoms with Gasteiger partial charge < -0.3 is 15.1 Å². The van der Waals surface area contributed by atoms with Crippen molar-refractivity contribution in [2.45, 2.75) is 12.8 Å². The number of hydrogen-bond acceptors (Lipinski definition) is 5. The zero-order valence-electron chi connectivity index (χ0n) is 13.5. The summed E-state index contributed by atoms with van der Waals surface area (Å²) in [5, 5.41) is 3.19. The number of carbonyl (C=O) groups excluding carboxylic acids is 1. The maximum atomic E-state index is 12.2. The zero-order chi connectivity index (χ0) is 16.2. The van der Waals surface area contributed by atoms with Crippen LogP contribution in [0.15, 0.2) is 36.7 Å². The van der Waals surface area contributed by atoms with E-state index in [1.807, 2.05) is 48.2 Å². The molecule has 120 valence electrons. The second kappa shape index (κ2) is 6.64. The summed E-state index contributed by atoms with van der Waals surface area (Å²) in [7, 11) is 4.01. The van der Waals surface area contributed by atoms with Crippen molar-refractivity contribution in [3.05, 3.63) is 42.4 Å². The van der Waals surface area contributed by atoms with E-state index in [9.17, 15) is 4.79 Å². The van der Waals surface area contributed by atoms with Crippen LogP contribution in [0.25, 0.3) is 0 Å². The highest BCUT2D eigenvalue weighted by Crippen LogP contribution is 2.19. The van der Waals surface area contributed by atoms with Crippen molar-refractivity contribution in [1.82, 2.24) is 14.9 Å². The highest BCUT2D eigenvalue weighted by atomic mass is 16.2. The van der Waals surface area contributed by atoms with Crippen LogP contribution >= 0.6 is 0 Å². The number of aromatic nitrogens is 2. The van der Waals surface area contributed by atoms with Gasteiger partial charge in [0.05, 0.1) is 12.4 Å². The molecule has 2 heterocycles. The lowest BCUT2D eigenvalue weighted by Gasteiger charge is -2.14. The average Bonchev–Trinajstić information content (AvgIpc) is 3.10. The summed E-state index contributed by atoms with van der Waals surface area (Å²) in [5.41, 5.74) is 2.47. The normalized spacial score (nSPS) is 13.9. The van der Waals surface area contributed by atoms with Gasteiger partial charge in [-0.1, -0.05) is 0 Å². The monoisotopic (exact) mass is 311 g/mol. The van der Waals surface area contributed by atoms with Crippen LogP contribution in [0.3, 0.4) is 0 Å². The predicted octanol–water partition coefficient (Wildman–Crippen LogP) is 2.52. The Balaban J connectivity index is 1.66. The topological polar surface area (TPSA) is 61.4 Å². The standard InChI is InChI=1S/C17H21N5O/c1-21(2)14-7-5-13(6-8-14)20-16-12-18-15(11-19-16)17(23)22-9-3-4-10-22/h5-8,11-12H,3-4,9-10H2,1-2H3,(H,19,20). The van der Waals surface area contributed by atoms with Crippen molar-refractivity contribution in [3.63, 3.8) is 0 Å². The third kappa shape index (κ3) is 3.59. The average molecular weight is 311 g/mol. The molecule has 1 amide bonds. The molecule has 23 heavy (non-hydrogen) atoms. The fraction of sp³-hybridized carbons (Fsp3) is 0.353. The van der Waals surface area contributed by atoms with Crippen molar-refractivity contribution in [2.75, 3.05) is 37.4 Å². The first-order valence-corrected chi connectivity index (χ1v) is 7.79. The minimum Gasteiger partial charge on any atom is -0.378 e. The summed E-state index contributed by atoms with van der Waals surface area (Å²) in [5.74, 6) is 0.595. The van der Waals surface area contributed by atoms with Crippen LogP contribution in [-0.4, -0.2) is 48.0 Å². The van der Waals surface area contributed by atoms with Crippen LogP contribution in [0, 0.1) is 0 Å². The summed E-state index contributed by atoms with van der Waals surface area (Å²) < 4.78 is 0. The van der Waals surface area contributed by atoms with Gasteiger partial charge in [-0.2, -0.15) is 0 Å². The number of rotatable bonds is 4. The summed E-state index contributed by atoms with van der Waals surface area (Å²) in [6.45, 7) is 1.64. The highest BCUT2D eigenvalue weighted by Gasteiger charge is 2.20. The van der Waals surface area contributed by atoms with E-state index in [1.54, 1.807) is 6.20 Å². The van der Waals surface area contributed by atoms with Crippen LogP contribution in [-0.2, 0) is 0 Å². The molecule has 0 aliphatic carbocycles. The Morgan fingerprint density at radius 1 is 1.09 bits per heavy atom. The van der Waals surface area contributed by atoms with Crippen molar-refractivity contribution in [1.29, 1.82) is 0 Å². The number of benzene rings is 1. The van der Waals surface area contributed by atoms with Crippen molar-refractivity contribution in [2.24, 2.45) is 0 Å². The van der Waals surface area contributed by atoms with Gasteiger partial charge in [0.15, 0.2) is 0 Å². The Morgan fingerprint density at radius 3 is 2.35 bits per heavy atom. The quantitative estimate of drug-likeness (QED) is 0.940. The van der Waals surface area contributed by atoms with Crippen LogP contribution in [0.5, 0.6) is 0 Å². The Bertz CT molecular complexity index is 660. The van der Waals surface area contributed by atoms with Crippen LogP contribution < -0.4 is 10.2 Å². The summed E-state index contributed by atoms with van der Waals surface area (Å²) in [6.07, 6.45) is 5.28. The van der Waals surface area contributed by atoms with Crippen LogP contribution in [0.1, 0.15) is 23.3 Å². The fourth-order valence-electron chi connectivity index (χ4n) is 2.58. The van der Waals surface area contributed by atoms with E-state index in [-0.39, 0.29) is 5.91 Å². The molecule has 6 nitrogen and oxygen atoms in total. The van der Waals surface area contributed by atoms with Gasteiger partial charge in [-0.05, 0) is 37.1 Å². The van der Waals surface area contributed by atoms with Gasteiger partial charge in [0.1, 0.15) is 11.5 Å². The number of nitrogens with zero attached hydrogens (tertiary/aromatic N) is 4. The Labute approximate surface area is 136 Å². The Morgan fingerprint density at radius 2 is 1.78 bits per heavy atom. The molecular formula is C17H21N5O. The molecule has 0 unspecified atom stereocenters. The van der Waals surface area contributed by atoms with E-state index >= 15 is 0 Å². The zero-order valence-corrected chi connectivity index (χ0v) is 13.5. The molecule has 0 saturated carbocycles. The van der Waals surface area contributed by atoms with E-state index in [0.717, 1.165) is 37.3 Å². The molecule has 1 aliphatic heterocycles. The molecule has 1 aromatic heterocycles. The summed E-state index contributed by atoms with van der Waals surface area (Å²) in [6, 6.07) is 8.03. The third-order valence-electron chi connectivity index (χ3n) is 3.92. The van der Waals surface area contributed by atoms with Gasteiger partial charge in [0, 0.05) is 38.6 Å². The van der Waals surface area contributed by atoms with Gasteiger partial charge in [0.2, 0.25) is 0 Å². The highest BCUT2D eigenvalue weighted by molar-refractivity contribution is 5.92. The molecule has 1 aromatic carbocycles. The molecule has 1 fully saturated rings. The number of likely N-dealkylation sites (tertiary alicyclic amines) is 1. The first-order valence-electron chi connectivity index (χ1n) is 7.79. The minimum absolute atomic E-state index is 0.0307. The molecule has 3 rings (SSSR count). The molecular weight excluding hydrogens is 290 g/mol. The smallest absolute Gasteiger partial charge is 0.274 e. The van der Waals surface area contributed by atoms with Crippen molar-refractivity contribution < 1.29 is 4.79 Å². The van der Waals surface area contributed by atoms with Gasteiger partial charge >= 0.3 is 0 Å².